The molecule has 0 saturated carbocycles. The van der Waals surface area contributed by atoms with Crippen LogP contribution in [-0.4, -0.2) is 19.9 Å². The summed E-state index contributed by atoms with van der Waals surface area (Å²) in [4.78, 5) is 4.28. The van der Waals surface area contributed by atoms with Gasteiger partial charge in [0.2, 0.25) is 10.0 Å². The maximum absolute atomic E-state index is 12.2. The largest absolute Gasteiger partial charge is 0.358 e. The van der Waals surface area contributed by atoms with Gasteiger partial charge < -0.3 is 4.98 Å². The fraction of sp³-hybridized carbons (Fsp3) is 0.250. The number of H-pyrrole nitrogens is 1. The highest BCUT2D eigenvalue weighted by Gasteiger charge is 2.16. The normalized spacial score (nSPS) is 12.1. The minimum absolute atomic E-state index is 0.347. The molecule has 0 fully saturated rings. The molecule has 0 unspecified atom stereocenters. The number of thiophene rings is 1. The standard InChI is InChI=1S/C16H17ClN2O2S2/c1-10-3-6-16(22-10)23(20,21)18-8-7-13-11(2)19-15-5-4-12(17)9-14(13)15/h3-6,9,18-19H,7-8H2,1-2H3. The minimum atomic E-state index is -3.43. The van der Waals surface area contributed by atoms with Crippen LogP contribution in [-0.2, 0) is 16.4 Å². The van der Waals surface area contributed by atoms with E-state index in [1.807, 2.05) is 38.1 Å². The average Bonchev–Trinajstić information content (AvgIpc) is 3.04. The maximum Gasteiger partial charge on any atom is 0.250 e. The third-order valence-electron chi connectivity index (χ3n) is 3.73. The van der Waals surface area contributed by atoms with Gasteiger partial charge in [-0.05, 0) is 56.2 Å². The molecule has 0 spiro atoms. The van der Waals surface area contributed by atoms with Crippen LogP contribution in [0, 0.1) is 13.8 Å². The summed E-state index contributed by atoms with van der Waals surface area (Å²) in [7, 11) is -3.43. The molecule has 3 rings (SSSR count). The van der Waals surface area contributed by atoms with Crippen molar-refractivity contribution >= 4 is 43.9 Å². The Bertz CT molecular complexity index is 958. The number of halogens is 1. The molecular weight excluding hydrogens is 352 g/mol. The van der Waals surface area contributed by atoms with E-state index in [0.717, 1.165) is 27.0 Å². The smallest absolute Gasteiger partial charge is 0.250 e. The van der Waals surface area contributed by atoms with Crippen LogP contribution in [0.4, 0.5) is 0 Å². The van der Waals surface area contributed by atoms with E-state index in [0.29, 0.717) is 22.2 Å². The molecule has 0 amide bonds. The predicted molar refractivity (Wildman–Crippen MR) is 96.0 cm³/mol. The van der Waals surface area contributed by atoms with Gasteiger partial charge in [-0.3, -0.25) is 0 Å². The monoisotopic (exact) mass is 368 g/mol. The Morgan fingerprint density at radius 3 is 2.70 bits per heavy atom. The topological polar surface area (TPSA) is 62.0 Å². The number of fused-ring (bicyclic) bond motifs is 1. The minimum Gasteiger partial charge on any atom is -0.358 e. The first kappa shape index (κ1) is 16.5. The van der Waals surface area contributed by atoms with Crippen LogP contribution in [0.1, 0.15) is 16.1 Å². The Balaban J connectivity index is 1.76. The molecule has 23 heavy (non-hydrogen) atoms. The summed E-state index contributed by atoms with van der Waals surface area (Å²) in [5.41, 5.74) is 3.14. The van der Waals surface area contributed by atoms with Gasteiger partial charge in [-0.15, -0.1) is 11.3 Å². The lowest BCUT2D eigenvalue weighted by atomic mass is 10.1. The van der Waals surface area contributed by atoms with Crippen molar-refractivity contribution in [2.24, 2.45) is 0 Å². The highest BCUT2D eigenvalue weighted by molar-refractivity contribution is 7.91. The zero-order valence-electron chi connectivity index (χ0n) is 12.8. The first-order valence-electron chi connectivity index (χ1n) is 7.19. The van der Waals surface area contributed by atoms with Crippen molar-refractivity contribution in [1.82, 2.24) is 9.71 Å². The molecule has 3 aromatic rings. The van der Waals surface area contributed by atoms with E-state index < -0.39 is 10.0 Å². The lowest BCUT2D eigenvalue weighted by molar-refractivity contribution is 0.584. The Kier molecular flexibility index (Phi) is 4.51. The van der Waals surface area contributed by atoms with E-state index in [2.05, 4.69) is 9.71 Å². The second-order valence-corrected chi connectivity index (χ2v) is 9.15. The lowest BCUT2D eigenvalue weighted by Crippen LogP contribution is -2.25. The third kappa shape index (κ3) is 3.45. The Labute approximate surface area is 144 Å². The van der Waals surface area contributed by atoms with E-state index in [1.54, 1.807) is 6.07 Å². The van der Waals surface area contributed by atoms with Crippen LogP contribution in [0.25, 0.3) is 10.9 Å². The summed E-state index contributed by atoms with van der Waals surface area (Å²) >= 11 is 7.34. The van der Waals surface area contributed by atoms with Gasteiger partial charge in [-0.2, -0.15) is 0 Å². The summed E-state index contributed by atoms with van der Waals surface area (Å²) in [5.74, 6) is 0. The molecule has 0 atom stereocenters. The Hall–Kier alpha value is -1.34. The number of aromatic nitrogens is 1. The molecule has 0 aliphatic carbocycles. The van der Waals surface area contributed by atoms with Gasteiger partial charge in [0.1, 0.15) is 4.21 Å². The highest BCUT2D eigenvalue weighted by Crippen LogP contribution is 2.26. The molecule has 0 aliphatic rings. The van der Waals surface area contributed by atoms with Crippen LogP contribution >= 0.6 is 22.9 Å². The van der Waals surface area contributed by atoms with Crippen molar-refractivity contribution in [3.05, 3.63) is 51.5 Å². The van der Waals surface area contributed by atoms with Crippen LogP contribution in [0.15, 0.2) is 34.5 Å². The number of rotatable bonds is 5. The van der Waals surface area contributed by atoms with Crippen molar-refractivity contribution in [2.45, 2.75) is 24.5 Å². The number of aryl methyl sites for hydroxylation is 2. The first-order chi connectivity index (χ1) is 10.9. The number of benzene rings is 1. The molecule has 0 aliphatic heterocycles. The molecule has 122 valence electrons. The van der Waals surface area contributed by atoms with Gasteiger partial charge in [0.15, 0.2) is 0 Å². The number of sulfonamides is 1. The third-order valence-corrected chi connectivity index (χ3v) is 6.92. The second kappa shape index (κ2) is 6.28. The van der Waals surface area contributed by atoms with E-state index in [-0.39, 0.29) is 0 Å². The van der Waals surface area contributed by atoms with Gasteiger partial charge in [0.05, 0.1) is 0 Å². The van der Waals surface area contributed by atoms with Crippen molar-refractivity contribution in [3.8, 4) is 0 Å². The summed E-state index contributed by atoms with van der Waals surface area (Å²) in [6.07, 6.45) is 0.607. The second-order valence-electron chi connectivity index (χ2n) is 5.43. The Morgan fingerprint density at radius 1 is 1.22 bits per heavy atom. The zero-order chi connectivity index (χ0) is 16.6. The number of hydrogen-bond donors (Lipinski definition) is 2. The van der Waals surface area contributed by atoms with Crippen molar-refractivity contribution < 1.29 is 8.42 Å². The van der Waals surface area contributed by atoms with E-state index in [9.17, 15) is 8.42 Å². The SMILES string of the molecule is Cc1ccc(S(=O)(=O)NCCc2c(C)[nH]c3ccc(Cl)cc23)s1. The molecule has 0 bridgehead atoms. The average molecular weight is 369 g/mol. The maximum atomic E-state index is 12.2. The molecule has 2 N–H and O–H groups in total. The van der Waals surface area contributed by atoms with Crippen molar-refractivity contribution in [1.29, 1.82) is 0 Å². The molecular formula is C16H17ClN2O2S2. The van der Waals surface area contributed by atoms with Crippen molar-refractivity contribution in [2.75, 3.05) is 6.54 Å². The molecule has 4 nitrogen and oxygen atoms in total. The van der Waals surface area contributed by atoms with E-state index in [1.165, 1.54) is 11.3 Å². The van der Waals surface area contributed by atoms with Crippen LogP contribution in [0.3, 0.4) is 0 Å². The van der Waals surface area contributed by atoms with Crippen LogP contribution < -0.4 is 4.72 Å². The van der Waals surface area contributed by atoms with Gasteiger partial charge in [0, 0.05) is 33.0 Å². The van der Waals surface area contributed by atoms with Crippen LogP contribution in [0.2, 0.25) is 5.02 Å². The molecule has 0 saturated heterocycles. The van der Waals surface area contributed by atoms with Gasteiger partial charge in [0.25, 0.3) is 0 Å². The Morgan fingerprint density at radius 2 is 2.00 bits per heavy atom. The zero-order valence-corrected chi connectivity index (χ0v) is 15.2. The van der Waals surface area contributed by atoms with Gasteiger partial charge in [-0.25, -0.2) is 13.1 Å². The van der Waals surface area contributed by atoms with Gasteiger partial charge in [-0.1, -0.05) is 11.6 Å². The number of hydrogen-bond acceptors (Lipinski definition) is 3. The molecule has 1 aromatic carbocycles. The van der Waals surface area contributed by atoms with E-state index >= 15 is 0 Å². The van der Waals surface area contributed by atoms with Crippen LogP contribution in [0.5, 0.6) is 0 Å². The molecule has 0 radical (unpaired) electrons. The predicted octanol–water partition coefficient (Wildman–Crippen LogP) is 4.02. The number of aromatic amines is 1. The summed E-state index contributed by atoms with van der Waals surface area (Å²) in [6, 6.07) is 9.13. The lowest BCUT2D eigenvalue weighted by Gasteiger charge is -2.05. The fourth-order valence-electron chi connectivity index (χ4n) is 2.61. The molecule has 2 aromatic heterocycles. The highest BCUT2D eigenvalue weighted by atomic mass is 35.5. The quantitative estimate of drug-likeness (QED) is 0.714. The van der Waals surface area contributed by atoms with Gasteiger partial charge >= 0.3 is 0 Å². The first-order valence-corrected chi connectivity index (χ1v) is 9.87. The summed E-state index contributed by atoms with van der Waals surface area (Å²) in [6.45, 7) is 4.22. The summed E-state index contributed by atoms with van der Waals surface area (Å²) in [5, 5.41) is 1.72. The molecule has 7 heteroatoms. The number of nitrogens with one attached hydrogen (secondary N) is 2. The molecule has 2 heterocycles. The summed E-state index contributed by atoms with van der Waals surface area (Å²) < 4.78 is 27.5. The van der Waals surface area contributed by atoms with Crippen molar-refractivity contribution in [3.63, 3.8) is 0 Å². The fourth-order valence-corrected chi connectivity index (χ4v) is 5.15. The van der Waals surface area contributed by atoms with E-state index in [4.69, 9.17) is 11.6 Å².